The van der Waals surface area contributed by atoms with Crippen LogP contribution in [0.4, 0.5) is 0 Å². The van der Waals surface area contributed by atoms with Crippen molar-refractivity contribution >= 4 is 10.1 Å². The molecule has 0 spiro atoms. The zero-order chi connectivity index (χ0) is 14.9. The van der Waals surface area contributed by atoms with Gasteiger partial charge in [-0.15, -0.1) is 6.42 Å². The van der Waals surface area contributed by atoms with Crippen molar-refractivity contribution in [1.29, 1.82) is 0 Å². The molecular weight excluding hydrogens is 266 g/mol. The minimum absolute atomic E-state index is 0.0570. The molecule has 0 aromatic rings. The van der Waals surface area contributed by atoms with E-state index in [1.54, 1.807) is 7.11 Å². The van der Waals surface area contributed by atoms with E-state index in [-0.39, 0.29) is 12.6 Å². The Morgan fingerprint density at radius 3 is 2.58 bits per heavy atom. The van der Waals surface area contributed by atoms with Gasteiger partial charge in [-0.1, -0.05) is 12.8 Å². The molecule has 0 amide bonds. The van der Waals surface area contributed by atoms with Crippen molar-refractivity contribution in [3.05, 3.63) is 11.8 Å². The highest BCUT2D eigenvalue weighted by Crippen LogP contribution is 2.13. The molecule has 0 aromatic heterocycles. The Morgan fingerprint density at radius 1 is 1.53 bits per heavy atom. The second kappa shape index (κ2) is 8.97. The Hall–Kier alpha value is -1.03. The third-order valence-corrected chi connectivity index (χ3v) is 3.13. The van der Waals surface area contributed by atoms with Crippen molar-refractivity contribution in [2.24, 2.45) is 0 Å². The summed E-state index contributed by atoms with van der Waals surface area (Å²) in [5, 5.41) is 0. The molecule has 0 aromatic carbocycles. The van der Waals surface area contributed by atoms with Gasteiger partial charge in [-0.2, -0.15) is 8.42 Å². The van der Waals surface area contributed by atoms with Crippen LogP contribution >= 0.6 is 0 Å². The van der Waals surface area contributed by atoms with Crippen LogP contribution in [0.1, 0.15) is 19.8 Å². The first-order valence-corrected chi connectivity index (χ1v) is 7.86. The van der Waals surface area contributed by atoms with Crippen LogP contribution in [0.3, 0.4) is 0 Å². The molecule has 6 heteroatoms. The van der Waals surface area contributed by atoms with Crippen LogP contribution < -0.4 is 0 Å². The number of methoxy groups -OCH3 is 1. The Labute approximate surface area is 116 Å². The van der Waals surface area contributed by atoms with E-state index in [4.69, 9.17) is 15.3 Å². The average Bonchev–Trinajstić information content (AvgIpc) is 2.32. The SMILES string of the molecule is C#CCN(C)C(COS(C)(=O)=O)C/C(=C/CC)OC. The zero-order valence-corrected chi connectivity index (χ0v) is 12.9. The summed E-state index contributed by atoms with van der Waals surface area (Å²) in [6, 6.07) is -0.150. The first-order valence-electron chi connectivity index (χ1n) is 6.05. The predicted molar refractivity (Wildman–Crippen MR) is 76.0 cm³/mol. The molecule has 0 fully saturated rings. The van der Waals surface area contributed by atoms with Crippen molar-refractivity contribution in [2.75, 3.05) is 33.6 Å². The molecule has 0 radical (unpaired) electrons. The number of terminal acetylenes is 1. The van der Waals surface area contributed by atoms with Crippen LogP contribution in [0.5, 0.6) is 0 Å². The summed E-state index contributed by atoms with van der Waals surface area (Å²) in [7, 11) is -0.0379. The van der Waals surface area contributed by atoms with Crippen LogP contribution in [-0.4, -0.2) is 52.9 Å². The van der Waals surface area contributed by atoms with Gasteiger partial charge in [-0.25, -0.2) is 0 Å². The van der Waals surface area contributed by atoms with E-state index in [1.807, 2.05) is 24.9 Å². The third kappa shape index (κ3) is 8.65. The van der Waals surface area contributed by atoms with Crippen molar-refractivity contribution in [1.82, 2.24) is 4.90 Å². The van der Waals surface area contributed by atoms with Crippen molar-refractivity contribution in [3.63, 3.8) is 0 Å². The molecule has 1 unspecified atom stereocenters. The maximum Gasteiger partial charge on any atom is 0.264 e. The Balaban J connectivity index is 4.76. The minimum Gasteiger partial charge on any atom is -0.501 e. The van der Waals surface area contributed by atoms with Gasteiger partial charge < -0.3 is 4.74 Å². The van der Waals surface area contributed by atoms with Crippen molar-refractivity contribution in [3.8, 4) is 12.3 Å². The summed E-state index contributed by atoms with van der Waals surface area (Å²) >= 11 is 0. The van der Waals surface area contributed by atoms with Crippen LogP contribution in [-0.2, 0) is 19.0 Å². The van der Waals surface area contributed by atoms with E-state index in [2.05, 4.69) is 5.92 Å². The summed E-state index contributed by atoms with van der Waals surface area (Å²) in [6.45, 7) is 2.48. The zero-order valence-electron chi connectivity index (χ0n) is 12.0. The number of hydrogen-bond acceptors (Lipinski definition) is 5. The number of ether oxygens (including phenoxy) is 1. The van der Waals surface area contributed by atoms with Gasteiger partial charge in [0.25, 0.3) is 10.1 Å². The van der Waals surface area contributed by atoms with E-state index in [0.29, 0.717) is 13.0 Å². The van der Waals surface area contributed by atoms with Crippen LogP contribution in [0, 0.1) is 12.3 Å². The molecule has 110 valence electrons. The smallest absolute Gasteiger partial charge is 0.264 e. The Kier molecular flexibility index (Phi) is 8.48. The highest BCUT2D eigenvalue weighted by molar-refractivity contribution is 7.85. The minimum atomic E-state index is -3.46. The van der Waals surface area contributed by atoms with Gasteiger partial charge in [0.1, 0.15) is 0 Å². The molecule has 0 saturated carbocycles. The van der Waals surface area contributed by atoms with E-state index in [1.165, 1.54) is 0 Å². The average molecular weight is 289 g/mol. The van der Waals surface area contributed by atoms with Crippen LogP contribution in [0.25, 0.3) is 0 Å². The molecule has 0 aliphatic carbocycles. The largest absolute Gasteiger partial charge is 0.501 e. The monoisotopic (exact) mass is 289 g/mol. The van der Waals surface area contributed by atoms with Crippen molar-refractivity contribution < 1.29 is 17.3 Å². The molecule has 0 aliphatic heterocycles. The number of hydrogen-bond donors (Lipinski definition) is 0. The fourth-order valence-corrected chi connectivity index (χ4v) is 1.93. The van der Waals surface area contributed by atoms with Gasteiger partial charge >= 0.3 is 0 Å². The van der Waals surface area contributed by atoms with Gasteiger partial charge in [-0.05, 0) is 19.5 Å². The van der Waals surface area contributed by atoms with Gasteiger partial charge in [0.15, 0.2) is 0 Å². The quantitative estimate of drug-likeness (QED) is 0.363. The summed E-state index contributed by atoms with van der Waals surface area (Å²) in [4.78, 5) is 1.87. The summed E-state index contributed by atoms with van der Waals surface area (Å²) in [6.07, 6.45) is 9.66. The lowest BCUT2D eigenvalue weighted by atomic mass is 10.1. The second-order valence-corrected chi connectivity index (χ2v) is 5.89. The van der Waals surface area contributed by atoms with Gasteiger partial charge in [0.05, 0.1) is 32.3 Å². The fourth-order valence-electron chi connectivity index (χ4n) is 1.53. The molecule has 0 aliphatic rings. The molecule has 5 nitrogen and oxygen atoms in total. The van der Waals surface area contributed by atoms with E-state index < -0.39 is 10.1 Å². The molecule has 0 N–H and O–H groups in total. The number of likely N-dealkylation sites (N-methyl/N-ethyl adjacent to an activating group) is 1. The molecule has 19 heavy (non-hydrogen) atoms. The molecule has 0 rings (SSSR count). The Bertz CT molecular complexity index is 422. The van der Waals surface area contributed by atoms with E-state index in [0.717, 1.165) is 18.4 Å². The van der Waals surface area contributed by atoms with Crippen molar-refractivity contribution in [2.45, 2.75) is 25.8 Å². The molecular formula is C13H23NO4S. The third-order valence-electron chi connectivity index (χ3n) is 2.57. The topological polar surface area (TPSA) is 55.8 Å². The molecule has 0 heterocycles. The van der Waals surface area contributed by atoms with Gasteiger partial charge in [0, 0.05) is 12.5 Å². The highest BCUT2D eigenvalue weighted by Gasteiger charge is 2.19. The number of nitrogens with zero attached hydrogens (tertiary/aromatic N) is 1. The maximum atomic E-state index is 11.1. The molecule has 0 saturated heterocycles. The molecule has 1 atom stereocenters. The van der Waals surface area contributed by atoms with E-state index in [9.17, 15) is 8.42 Å². The predicted octanol–water partition coefficient (Wildman–Crippen LogP) is 1.23. The van der Waals surface area contributed by atoms with E-state index >= 15 is 0 Å². The summed E-state index contributed by atoms with van der Waals surface area (Å²) in [5.74, 6) is 3.33. The molecule has 0 bridgehead atoms. The second-order valence-electron chi connectivity index (χ2n) is 4.25. The normalized spacial score (nSPS) is 14.2. The maximum absolute atomic E-state index is 11.1. The standard InChI is InChI=1S/C13H23NO4S/c1-6-8-13(17-4)10-12(14(3)9-7-2)11-18-19(5,15)16/h2,8,12H,6,9-11H2,1,3-5H3/b13-8-. The van der Waals surface area contributed by atoms with Crippen LogP contribution in [0.15, 0.2) is 11.8 Å². The Morgan fingerprint density at radius 2 is 2.16 bits per heavy atom. The van der Waals surface area contributed by atoms with Gasteiger partial charge in [-0.3, -0.25) is 9.08 Å². The lowest BCUT2D eigenvalue weighted by molar-refractivity contribution is 0.156. The number of rotatable bonds is 9. The lowest BCUT2D eigenvalue weighted by Crippen LogP contribution is -2.37. The summed E-state index contributed by atoms with van der Waals surface area (Å²) in [5.41, 5.74) is 0. The fraction of sp³-hybridized carbons (Fsp3) is 0.692. The number of allylic oxidation sites excluding steroid dienone is 1. The highest BCUT2D eigenvalue weighted by atomic mass is 32.2. The van der Waals surface area contributed by atoms with Gasteiger partial charge in [0.2, 0.25) is 0 Å². The first-order chi connectivity index (χ1) is 8.84. The summed E-state index contributed by atoms with van der Waals surface area (Å²) < 4.78 is 32.3. The van der Waals surface area contributed by atoms with Crippen LogP contribution in [0.2, 0.25) is 0 Å². The lowest BCUT2D eigenvalue weighted by Gasteiger charge is -2.26. The first kappa shape index (κ1) is 18.0.